The van der Waals surface area contributed by atoms with Crippen molar-refractivity contribution >= 4 is 11.8 Å². The van der Waals surface area contributed by atoms with E-state index in [0.29, 0.717) is 18.8 Å². The van der Waals surface area contributed by atoms with Gasteiger partial charge in [-0.1, -0.05) is 42.5 Å². The molecule has 0 saturated carbocycles. The fourth-order valence-corrected chi connectivity index (χ4v) is 2.32. The molecule has 1 unspecified atom stereocenters. The number of benzene rings is 2. The number of ether oxygens (including phenoxy) is 1. The average molecular weight is 312 g/mol. The molecule has 5 heteroatoms. The van der Waals surface area contributed by atoms with Crippen LogP contribution in [-0.2, 0) is 16.2 Å². The van der Waals surface area contributed by atoms with Gasteiger partial charge in [0, 0.05) is 6.42 Å². The zero-order valence-electron chi connectivity index (χ0n) is 12.8. The molecule has 0 fully saturated rings. The SMILES string of the molecule is NC(=O)CCC(C(N)=O)c1cccc(OCc2ccccc2)c1. The van der Waals surface area contributed by atoms with Crippen LogP contribution in [0.1, 0.15) is 29.9 Å². The van der Waals surface area contributed by atoms with Crippen LogP contribution in [0, 0.1) is 0 Å². The summed E-state index contributed by atoms with van der Waals surface area (Å²) in [5, 5.41) is 0. The first-order chi connectivity index (χ1) is 11.1. The molecular formula is C18H20N2O3. The Morgan fingerprint density at radius 1 is 1.00 bits per heavy atom. The molecule has 2 rings (SSSR count). The lowest BCUT2D eigenvalue weighted by atomic mass is 9.93. The molecule has 0 aliphatic rings. The highest BCUT2D eigenvalue weighted by atomic mass is 16.5. The third-order valence-electron chi connectivity index (χ3n) is 3.53. The smallest absolute Gasteiger partial charge is 0.224 e. The first kappa shape index (κ1) is 16.5. The van der Waals surface area contributed by atoms with E-state index in [1.54, 1.807) is 18.2 Å². The zero-order chi connectivity index (χ0) is 16.7. The van der Waals surface area contributed by atoms with Crippen LogP contribution in [0.15, 0.2) is 54.6 Å². The van der Waals surface area contributed by atoms with Crippen LogP contribution in [0.25, 0.3) is 0 Å². The van der Waals surface area contributed by atoms with E-state index in [9.17, 15) is 9.59 Å². The summed E-state index contributed by atoms with van der Waals surface area (Å²) in [7, 11) is 0. The van der Waals surface area contributed by atoms with E-state index in [0.717, 1.165) is 11.1 Å². The number of hydrogen-bond donors (Lipinski definition) is 2. The predicted octanol–water partition coefficient (Wildman–Crippen LogP) is 2.10. The molecule has 5 nitrogen and oxygen atoms in total. The lowest BCUT2D eigenvalue weighted by molar-refractivity contribution is -0.120. The van der Waals surface area contributed by atoms with Crippen molar-refractivity contribution in [2.75, 3.05) is 0 Å². The van der Waals surface area contributed by atoms with E-state index in [4.69, 9.17) is 16.2 Å². The van der Waals surface area contributed by atoms with Crippen LogP contribution in [0.2, 0.25) is 0 Å². The molecule has 0 spiro atoms. The van der Waals surface area contributed by atoms with Gasteiger partial charge in [0.2, 0.25) is 11.8 Å². The van der Waals surface area contributed by atoms with Crippen molar-refractivity contribution in [2.45, 2.75) is 25.4 Å². The Morgan fingerprint density at radius 3 is 2.39 bits per heavy atom. The Kier molecular flexibility index (Phi) is 5.74. The third kappa shape index (κ3) is 5.14. The number of primary amides is 2. The lowest BCUT2D eigenvalue weighted by Crippen LogP contribution is -2.23. The van der Waals surface area contributed by atoms with Crippen LogP contribution in [0.3, 0.4) is 0 Å². The van der Waals surface area contributed by atoms with Gasteiger partial charge in [-0.2, -0.15) is 0 Å². The topological polar surface area (TPSA) is 95.4 Å². The van der Waals surface area contributed by atoms with Crippen molar-refractivity contribution in [1.82, 2.24) is 0 Å². The molecule has 4 N–H and O–H groups in total. The van der Waals surface area contributed by atoms with Gasteiger partial charge in [-0.15, -0.1) is 0 Å². The maximum Gasteiger partial charge on any atom is 0.224 e. The lowest BCUT2D eigenvalue weighted by Gasteiger charge is -2.14. The predicted molar refractivity (Wildman–Crippen MR) is 87.6 cm³/mol. The number of carbonyl (C=O) groups is 2. The van der Waals surface area contributed by atoms with E-state index in [2.05, 4.69) is 0 Å². The fraction of sp³-hybridized carbons (Fsp3) is 0.222. The minimum Gasteiger partial charge on any atom is -0.489 e. The van der Waals surface area contributed by atoms with Crippen LogP contribution in [0.5, 0.6) is 5.75 Å². The van der Waals surface area contributed by atoms with Crippen LogP contribution >= 0.6 is 0 Å². The van der Waals surface area contributed by atoms with E-state index >= 15 is 0 Å². The molecule has 1 atom stereocenters. The summed E-state index contributed by atoms with van der Waals surface area (Å²) in [4.78, 5) is 22.6. The molecule has 2 amide bonds. The highest BCUT2D eigenvalue weighted by molar-refractivity contribution is 5.83. The largest absolute Gasteiger partial charge is 0.489 e. The number of carbonyl (C=O) groups excluding carboxylic acids is 2. The highest BCUT2D eigenvalue weighted by Gasteiger charge is 2.19. The number of nitrogens with two attached hydrogens (primary N) is 2. The van der Waals surface area contributed by atoms with E-state index < -0.39 is 17.7 Å². The molecule has 0 radical (unpaired) electrons. The van der Waals surface area contributed by atoms with Gasteiger partial charge in [0.05, 0.1) is 5.92 Å². The van der Waals surface area contributed by atoms with E-state index in [1.165, 1.54) is 0 Å². The Labute approximate surface area is 135 Å². The summed E-state index contributed by atoms with van der Waals surface area (Å²) in [6.45, 7) is 0.437. The summed E-state index contributed by atoms with van der Waals surface area (Å²) >= 11 is 0. The minimum atomic E-state index is -0.553. The monoisotopic (exact) mass is 312 g/mol. The normalized spacial score (nSPS) is 11.7. The first-order valence-electron chi connectivity index (χ1n) is 7.40. The third-order valence-corrected chi connectivity index (χ3v) is 3.53. The quantitative estimate of drug-likeness (QED) is 0.781. The number of hydrogen-bond acceptors (Lipinski definition) is 3. The molecule has 0 heterocycles. The summed E-state index contributed by atoms with van der Waals surface area (Å²) in [5.41, 5.74) is 12.4. The van der Waals surface area contributed by atoms with Crippen molar-refractivity contribution in [2.24, 2.45) is 11.5 Å². The minimum absolute atomic E-state index is 0.114. The van der Waals surface area contributed by atoms with Crippen LogP contribution < -0.4 is 16.2 Å². The molecule has 0 aliphatic carbocycles. The standard InChI is InChI=1S/C18H20N2O3/c19-17(21)10-9-16(18(20)22)14-7-4-8-15(11-14)23-12-13-5-2-1-3-6-13/h1-8,11,16H,9-10,12H2,(H2,19,21)(H2,20,22). The van der Waals surface area contributed by atoms with Gasteiger partial charge in [0.1, 0.15) is 12.4 Å². The molecule has 0 bridgehead atoms. The molecular weight excluding hydrogens is 292 g/mol. The molecule has 0 aliphatic heterocycles. The molecule has 120 valence electrons. The van der Waals surface area contributed by atoms with Crippen molar-refractivity contribution in [1.29, 1.82) is 0 Å². The summed E-state index contributed by atoms with van der Waals surface area (Å²) in [5.74, 6) is -0.835. The zero-order valence-corrected chi connectivity index (χ0v) is 12.8. The maximum absolute atomic E-state index is 11.6. The summed E-state index contributed by atoms with van der Waals surface area (Å²) < 4.78 is 5.74. The van der Waals surface area contributed by atoms with Gasteiger partial charge in [0.25, 0.3) is 0 Å². The Balaban J connectivity index is 2.07. The van der Waals surface area contributed by atoms with Gasteiger partial charge >= 0.3 is 0 Å². The van der Waals surface area contributed by atoms with Crippen LogP contribution in [0.4, 0.5) is 0 Å². The Morgan fingerprint density at radius 2 is 1.74 bits per heavy atom. The molecule has 0 aromatic heterocycles. The summed E-state index contributed by atoms with van der Waals surface area (Å²) in [6.07, 6.45) is 0.412. The van der Waals surface area contributed by atoms with Gasteiger partial charge in [-0.25, -0.2) is 0 Å². The van der Waals surface area contributed by atoms with Gasteiger partial charge in [0.15, 0.2) is 0 Å². The van der Waals surface area contributed by atoms with Crippen molar-refractivity contribution in [3.63, 3.8) is 0 Å². The van der Waals surface area contributed by atoms with Gasteiger partial charge in [-0.05, 0) is 29.7 Å². The van der Waals surface area contributed by atoms with Crippen molar-refractivity contribution in [3.05, 3.63) is 65.7 Å². The van der Waals surface area contributed by atoms with Gasteiger partial charge in [-0.3, -0.25) is 9.59 Å². The van der Waals surface area contributed by atoms with E-state index in [-0.39, 0.29) is 6.42 Å². The highest BCUT2D eigenvalue weighted by Crippen LogP contribution is 2.25. The van der Waals surface area contributed by atoms with E-state index in [1.807, 2.05) is 36.4 Å². The van der Waals surface area contributed by atoms with Crippen molar-refractivity contribution in [3.8, 4) is 5.75 Å². The molecule has 2 aromatic rings. The molecule has 0 saturated heterocycles. The van der Waals surface area contributed by atoms with Crippen LogP contribution in [-0.4, -0.2) is 11.8 Å². The Bertz CT molecular complexity index is 671. The average Bonchev–Trinajstić information content (AvgIpc) is 2.54. The number of rotatable bonds is 8. The molecule has 2 aromatic carbocycles. The number of amides is 2. The van der Waals surface area contributed by atoms with Gasteiger partial charge < -0.3 is 16.2 Å². The second-order valence-electron chi connectivity index (χ2n) is 5.31. The molecule has 23 heavy (non-hydrogen) atoms. The fourth-order valence-electron chi connectivity index (χ4n) is 2.32. The first-order valence-corrected chi connectivity index (χ1v) is 7.40. The summed E-state index contributed by atoms with van der Waals surface area (Å²) in [6, 6.07) is 17.0. The Hall–Kier alpha value is -2.82. The van der Waals surface area contributed by atoms with Crippen molar-refractivity contribution < 1.29 is 14.3 Å². The second kappa shape index (κ2) is 7.98. The maximum atomic E-state index is 11.6. The second-order valence-corrected chi connectivity index (χ2v) is 5.31.